The van der Waals surface area contributed by atoms with Gasteiger partial charge >= 0.3 is 12.4 Å². The summed E-state index contributed by atoms with van der Waals surface area (Å²) in [7, 11) is 0. The van der Waals surface area contributed by atoms with Crippen LogP contribution in [0, 0.1) is 5.51 Å². The van der Waals surface area contributed by atoms with E-state index in [4.69, 9.17) is 0 Å². The summed E-state index contributed by atoms with van der Waals surface area (Å²) in [4.78, 5) is 3.56. The Hall–Kier alpha value is -1.57. The lowest BCUT2D eigenvalue weighted by Gasteiger charge is -2.14. The van der Waals surface area contributed by atoms with Crippen LogP contribution in [0.3, 0.4) is 0 Å². The highest BCUT2D eigenvalue weighted by atomic mass is 32.1. The molecule has 1 aromatic heterocycles. The highest BCUT2D eigenvalue weighted by Crippen LogP contribution is 2.40. The predicted molar refractivity (Wildman–Crippen MR) is 56.4 cm³/mol. The maximum atomic E-state index is 12.8. The summed E-state index contributed by atoms with van der Waals surface area (Å²) < 4.78 is 75.7. The third kappa shape index (κ3) is 2.89. The fraction of sp³-hybridized carbons (Fsp3) is 0.182. The topological polar surface area (TPSA) is 12.9 Å². The summed E-state index contributed by atoms with van der Waals surface area (Å²) in [5.74, 6) is 0. The molecule has 1 radical (unpaired) electrons. The molecule has 0 bridgehead atoms. The Balaban J connectivity index is 2.63. The largest absolute Gasteiger partial charge is 0.417 e. The second-order valence-corrected chi connectivity index (χ2v) is 4.23. The predicted octanol–water partition coefficient (Wildman–Crippen LogP) is 4.65. The number of hydrogen-bond donors (Lipinski definition) is 0. The first-order chi connectivity index (χ1) is 8.69. The second kappa shape index (κ2) is 4.52. The van der Waals surface area contributed by atoms with E-state index in [1.807, 2.05) is 0 Å². The van der Waals surface area contributed by atoms with Gasteiger partial charge in [0.15, 0.2) is 5.51 Å². The first-order valence-electron chi connectivity index (χ1n) is 4.80. The SMILES string of the molecule is FC(F)(F)c1ccc(-c2cs[c]n2)c(C(F)(F)F)c1. The van der Waals surface area contributed by atoms with Crippen LogP contribution in [0.4, 0.5) is 26.3 Å². The van der Waals surface area contributed by atoms with Gasteiger partial charge in [0, 0.05) is 10.9 Å². The molecule has 0 spiro atoms. The van der Waals surface area contributed by atoms with Gasteiger partial charge in [0.2, 0.25) is 0 Å². The van der Waals surface area contributed by atoms with E-state index in [-0.39, 0.29) is 11.8 Å². The first-order valence-corrected chi connectivity index (χ1v) is 5.68. The summed E-state index contributed by atoms with van der Waals surface area (Å²) in [6.45, 7) is 0. The Morgan fingerprint density at radius 1 is 1.00 bits per heavy atom. The van der Waals surface area contributed by atoms with E-state index in [9.17, 15) is 26.3 Å². The zero-order valence-electron chi connectivity index (χ0n) is 8.93. The van der Waals surface area contributed by atoms with E-state index in [1.165, 1.54) is 5.38 Å². The van der Waals surface area contributed by atoms with Crippen molar-refractivity contribution in [1.82, 2.24) is 4.98 Å². The van der Waals surface area contributed by atoms with Gasteiger partial charge in [0.25, 0.3) is 0 Å². The Morgan fingerprint density at radius 3 is 2.16 bits per heavy atom. The Labute approximate surface area is 107 Å². The molecule has 0 fully saturated rings. The molecule has 8 heteroatoms. The Kier molecular flexibility index (Phi) is 3.29. The number of hydrogen-bond acceptors (Lipinski definition) is 2. The van der Waals surface area contributed by atoms with Gasteiger partial charge < -0.3 is 0 Å². The molecule has 0 atom stereocenters. The number of benzene rings is 1. The fourth-order valence-electron chi connectivity index (χ4n) is 1.49. The van der Waals surface area contributed by atoms with Crippen LogP contribution in [0.15, 0.2) is 23.6 Å². The van der Waals surface area contributed by atoms with Crippen molar-refractivity contribution in [2.45, 2.75) is 12.4 Å². The summed E-state index contributed by atoms with van der Waals surface area (Å²) in [5.41, 5.74) is -0.791. The molecule has 0 aliphatic heterocycles. The molecule has 101 valence electrons. The van der Waals surface area contributed by atoms with Gasteiger partial charge in [-0.25, -0.2) is 4.98 Å². The highest BCUT2D eigenvalue weighted by molar-refractivity contribution is 7.07. The number of nitrogens with zero attached hydrogens (tertiary/aromatic N) is 1. The van der Waals surface area contributed by atoms with Crippen LogP contribution in [-0.4, -0.2) is 4.98 Å². The smallest absolute Gasteiger partial charge is 0.233 e. The Bertz CT molecular complexity index is 570. The minimum atomic E-state index is -4.89. The molecule has 19 heavy (non-hydrogen) atoms. The third-order valence-electron chi connectivity index (χ3n) is 2.32. The van der Waals surface area contributed by atoms with Crippen molar-refractivity contribution in [2.24, 2.45) is 0 Å². The number of thiazole rings is 1. The van der Waals surface area contributed by atoms with Crippen LogP contribution in [0.25, 0.3) is 11.3 Å². The van der Waals surface area contributed by atoms with Crippen molar-refractivity contribution in [2.75, 3.05) is 0 Å². The van der Waals surface area contributed by atoms with Crippen molar-refractivity contribution in [1.29, 1.82) is 0 Å². The third-order valence-corrected chi connectivity index (χ3v) is 2.86. The normalized spacial score (nSPS) is 12.7. The molecule has 0 aliphatic carbocycles. The summed E-state index contributed by atoms with van der Waals surface area (Å²) in [6, 6.07) is 1.47. The average molecular weight is 296 g/mol. The molecular formula is C11H4F6NS. The molecule has 0 saturated heterocycles. The van der Waals surface area contributed by atoms with E-state index >= 15 is 0 Å². The fourth-order valence-corrected chi connectivity index (χ4v) is 1.98. The number of halogens is 6. The zero-order valence-corrected chi connectivity index (χ0v) is 9.75. The van der Waals surface area contributed by atoms with Crippen LogP contribution in [-0.2, 0) is 12.4 Å². The van der Waals surface area contributed by atoms with E-state index in [0.717, 1.165) is 17.4 Å². The van der Waals surface area contributed by atoms with E-state index < -0.39 is 29.0 Å². The van der Waals surface area contributed by atoms with Gasteiger partial charge in [-0.2, -0.15) is 26.3 Å². The van der Waals surface area contributed by atoms with Crippen molar-refractivity contribution in [3.8, 4) is 11.3 Å². The average Bonchev–Trinajstić information content (AvgIpc) is 2.79. The lowest BCUT2D eigenvalue weighted by atomic mass is 10.0. The molecule has 1 heterocycles. The van der Waals surface area contributed by atoms with Gasteiger partial charge in [-0.1, -0.05) is 6.07 Å². The molecule has 0 unspecified atom stereocenters. The maximum Gasteiger partial charge on any atom is 0.417 e. The minimum absolute atomic E-state index is 0.0500. The van der Waals surface area contributed by atoms with Crippen LogP contribution < -0.4 is 0 Å². The standard InChI is InChI=1S/C11H4F6NS/c12-10(13,14)6-1-2-7(9-4-19-5-18-9)8(3-6)11(15,16)17/h1-4H. The van der Waals surface area contributed by atoms with E-state index in [2.05, 4.69) is 10.5 Å². The maximum absolute atomic E-state index is 12.8. The van der Waals surface area contributed by atoms with E-state index in [1.54, 1.807) is 0 Å². The van der Waals surface area contributed by atoms with Gasteiger partial charge in [-0.3, -0.25) is 0 Å². The lowest BCUT2D eigenvalue weighted by Crippen LogP contribution is -2.12. The summed E-state index contributed by atoms with van der Waals surface area (Å²) >= 11 is 0.938. The highest BCUT2D eigenvalue weighted by Gasteiger charge is 2.38. The van der Waals surface area contributed by atoms with Crippen molar-refractivity contribution >= 4 is 11.3 Å². The van der Waals surface area contributed by atoms with Crippen LogP contribution in [0.5, 0.6) is 0 Å². The first kappa shape index (κ1) is 13.9. The lowest BCUT2D eigenvalue weighted by molar-refractivity contribution is -0.142. The molecule has 1 nitrogen and oxygen atoms in total. The molecule has 1 aromatic carbocycles. The van der Waals surface area contributed by atoms with Crippen molar-refractivity contribution in [3.05, 3.63) is 40.2 Å². The monoisotopic (exact) mass is 296 g/mol. The van der Waals surface area contributed by atoms with Gasteiger partial charge in [0.05, 0.1) is 16.8 Å². The molecule has 0 N–H and O–H groups in total. The molecular weight excluding hydrogens is 292 g/mol. The minimum Gasteiger partial charge on any atom is -0.233 e. The quantitative estimate of drug-likeness (QED) is 0.698. The molecule has 0 amide bonds. The molecule has 2 aromatic rings. The number of alkyl halides is 6. The van der Waals surface area contributed by atoms with Crippen molar-refractivity contribution < 1.29 is 26.3 Å². The zero-order chi connectivity index (χ0) is 14.3. The van der Waals surface area contributed by atoms with Crippen LogP contribution in [0.1, 0.15) is 11.1 Å². The number of aromatic nitrogens is 1. The molecule has 2 rings (SSSR count). The van der Waals surface area contributed by atoms with Crippen LogP contribution >= 0.6 is 11.3 Å². The molecule has 0 aliphatic rings. The van der Waals surface area contributed by atoms with Gasteiger partial charge in [0.1, 0.15) is 0 Å². The number of rotatable bonds is 1. The van der Waals surface area contributed by atoms with Gasteiger partial charge in [-0.15, -0.1) is 11.3 Å². The van der Waals surface area contributed by atoms with E-state index in [0.29, 0.717) is 6.07 Å². The molecule has 0 saturated carbocycles. The summed E-state index contributed by atoms with van der Waals surface area (Å²) in [5, 5.41) is 1.29. The second-order valence-electron chi connectivity index (χ2n) is 3.58. The van der Waals surface area contributed by atoms with Gasteiger partial charge in [-0.05, 0) is 12.1 Å². The van der Waals surface area contributed by atoms with Crippen molar-refractivity contribution in [3.63, 3.8) is 0 Å². The Morgan fingerprint density at radius 2 is 1.68 bits per heavy atom. The van der Waals surface area contributed by atoms with Crippen LogP contribution in [0.2, 0.25) is 0 Å². The summed E-state index contributed by atoms with van der Waals surface area (Å²) in [6.07, 6.45) is -9.72.